The van der Waals surface area contributed by atoms with Crippen molar-refractivity contribution in [1.82, 2.24) is 5.32 Å². The summed E-state index contributed by atoms with van der Waals surface area (Å²) in [5.74, 6) is 0.429. The zero-order valence-corrected chi connectivity index (χ0v) is 11.6. The van der Waals surface area contributed by atoms with Gasteiger partial charge in [-0.2, -0.15) is 0 Å². The summed E-state index contributed by atoms with van der Waals surface area (Å²) >= 11 is 4.32. The van der Waals surface area contributed by atoms with Crippen LogP contribution in [0, 0.1) is 0 Å². The van der Waals surface area contributed by atoms with Crippen LogP contribution in [0.15, 0.2) is 30.3 Å². The van der Waals surface area contributed by atoms with Crippen molar-refractivity contribution < 1.29 is 15.3 Å². The number of rotatable bonds is 1. The van der Waals surface area contributed by atoms with E-state index in [9.17, 15) is 4.79 Å². The number of thiocarbonyl (C=S) groups is 1. The zero-order chi connectivity index (χ0) is 14.6. The van der Waals surface area contributed by atoms with E-state index in [2.05, 4.69) is 55.6 Å². The van der Waals surface area contributed by atoms with Crippen LogP contribution in [0.5, 0.6) is 0 Å². The van der Waals surface area contributed by atoms with Gasteiger partial charge in [-0.3, -0.25) is 15.3 Å². The molecule has 0 aromatic heterocycles. The molecular weight excluding hydrogens is 252 g/mol. The Morgan fingerprint density at radius 2 is 1.72 bits per heavy atom. The normalized spacial score (nSPS) is 8.33. The molecule has 0 radical (unpaired) electrons. The number of hydrogen-bond donors (Lipinski definition) is 4. The molecule has 0 saturated carbocycles. The van der Waals surface area contributed by atoms with E-state index in [1.807, 2.05) is 6.07 Å². The topological polar surface area (TPSA) is 95.6 Å². The van der Waals surface area contributed by atoms with Crippen molar-refractivity contribution in [3.63, 3.8) is 0 Å². The van der Waals surface area contributed by atoms with E-state index in [0.29, 0.717) is 5.92 Å². The Hall–Kier alpha value is -1.50. The summed E-state index contributed by atoms with van der Waals surface area (Å²) in [6, 6.07) is 10.5. The van der Waals surface area contributed by atoms with Crippen molar-refractivity contribution in [3.05, 3.63) is 35.9 Å². The van der Waals surface area contributed by atoms with Crippen molar-refractivity contribution >= 4 is 23.2 Å². The molecule has 5 N–H and O–H groups in total. The molecule has 1 aromatic carbocycles. The molecule has 0 bridgehead atoms. The van der Waals surface area contributed by atoms with E-state index in [1.54, 1.807) is 0 Å². The van der Waals surface area contributed by atoms with E-state index in [1.165, 1.54) is 12.5 Å². The first-order valence-electron chi connectivity index (χ1n) is 5.25. The lowest BCUT2D eigenvalue weighted by atomic mass is 10.0. The summed E-state index contributed by atoms with van der Waals surface area (Å²) in [5, 5.41) is 14.2. The third kappa shape index (κ3) is 12.6. The lowest BCUT2D eigenvalue weighted by molar-refractivity contribution is -0.176. The molecule has 1 amide bonds. The molecule has 1 rings (SSSR count). The van der Waals surface area contributed by atoms with Crippen LogP contribution in [-0.4, -0.2) is 21.5 Å². The fraction of sp³-hybridized carbons (Fsp3) is 0.333. The van der Waals surface area contributed by atoms with Crippen LogP contribution in [0.4, 0.5) is 0 Å². The van der Waals surface area contributed by atoms with Gasteiger partial charge in [0.05, 0.1) is 0 Å². The molecule has 0 heterocycles. The average molecular weight is 272 g/mol. The first-order valence-corrected chi connectivity index (χ1v) is 5.66. The molecule has 0 aliphatic carbocycles. The molecule has 0 unspecified atom stereocenters. The van der Waals surface area contributed by atoms with Crippen LogP contribution in [-0.2, 0) is 4.79 Å². The molecule has 1 aromatic rings. The van der Waals surface area contributed by atoms with Crippen LogP contribution in [0.2, 0.25) is 0 Å². The molecule has 0 aliphatic heterocycles. The van der Waals surface area contributed by atoms with Crippen LogP contribution >= 0.6 is 12.2 Å². The van der Waals surface area contributed by atoms with Crippen molar-refractivity contribution in [2.75, 3.05) is 0 Å². The van der Waals surface area contributed by atoms with Crippen LogP contribution < -0.4 is 11.1 Å². The largest absolute Gasteiger partial charge is 0.376 e. The number of carbonyl (C=O) groups excluding carboxylic acids is 1. The number of nitrogens with one attached hydrogen (secondary N) is 1. The summed E-state index contributed by atoms with van der Waals surface area (Å²) in [7, 11) is 0. The van der Waals surface area contributed by atoms with Gasteiger partial charge in [0.1, 0.15) is 0 Å². The monoisotopic (exact) mass is 272 g/mol. The van der Waals surface area contributed by atoms with Gasteiger partial charge in [-0.1, -0.05) is 44.2 Å². The van der Waals surface area contributed by atoms with Gasteiger partial charge in [-0.25, -0.2) is 0 Å². The van der Waals surface area contributed by atoms with Gasteiger partial charge in [0.2, 0.25) is 5.91 Å². The third-order valence-electron chi connectivity index (χ3n) is 1.77. The van der Waals surface area contributed by atoms with Gasteiger partial charge in [-0.15, -0.1) is 0 Å². The van der Waals surface area contributed by atoms with Gasteiger partial charge in [0.25, 0.3) is 0 Å². The molecule has 0 fully saturated rings. The Bertz CT molecular complexity index is 330. The lowest BCUT2D eigenvalue weighted by Gasteiger charge is -2.01. The van der Waals surface area contributed by atoms with Gasteiger partial charge in [-0.05, 0) is 23.7 Å². The summed E-state index contributed by atoms with van der Waals surface area (Å²) in [6.45, 7) is 5.75. The maximum atomic E-state index is 9.98. The number of carbonyl (C=O) groups is 1. The number of hydrogen-bond acceptors (Lipinski definition) is 4. The molecule has 0 spiro atoms. The highest BCUT2D eigenvalue weighted by Gasteiger charge is 1.93. The van der Waals surface area contributed by atoms with Crippen molar-refractivity contribution in [2.24, 2.45) is 5.73 Å². The Balaban J connectivity index is 0. The summed E-state index contributed by atoms with van der Waals surface area (Å²) < 4.78 is 0. The zero-order valence-electron chi connectivity index (χ0n) is 10.8. The lowest BCUT2D eigenvalue weighted by Crippen LogP contribution is -2.32. The Labute approximate surface area is 113 Å². The second-order valence-electron chi connectivity index (χ2n) is 3.61. The first-order chi connectivity index (χ1) is 8.43. The van der Waals surface area contributed by atoms with E-state index < -0.39 is 0 Å². The predicted octanol–water partition coefficient (Wildman–Crippen LogP) is 2.19. The highest BCUT2D eigenvalue weighted by atomic mass is 32.1. The second-order valence-corrected chi connectivity index (χ2v) is 4.05. The fourth-order valence-corrected chi connectivity index (χ4v) is 1.16. The van der Waals surface area contributed by atoms with Crippen molar-refractivity contribution in [2.45, 2.75) is 26.7 Å². The maximum absolute atomic E-state index is 9.98. The molecule has 102 valence electrons. The highest BCUT2D eigenvalue weighted by Crippen LogP contribution is 2.11. The standard InChI is InChI=1S/C9H12.C3H6N2OS.H2O2/c1-8(2)9-6-4-3-5-7-9;1-2(6)5-3(4)7;1-2/h3-8H,1-2H3;1H3,(H3,4,5,6,7);1-2H. The van der Waals surface area contributed by atoms with Crippen molar-refractivity contribution in [3.8, 4) is 0 Å². The fourth-order valence-electron chi connectivity index (χ4n) is 1.01. The number of benzene rings is 1. The minimum Gasteiger partial charge on any atom is -0.376 e. The first kappa shape index (κ1) is 18.9. The molecule has 5 nitrogen and oxygen atoms in total. The second kappa shape index (κ2) is 12.0. The molecular formula is C12H20N2O3S. The molecule has 0 atom stereocenters. The quantitative estimate of drug-likeness (QED) is 0.357. The minimum atomic E-state index is -0.229. The molecule has 0 saturated heterocycles. The van der Waals surface area contributed by atoms with Gasteiger partial charge >= 0.3 is 0 Å². The number of nitrogens with two attached hydrogens (primary N) is 1. The summed E-state index contributed by atoms with van der Waals surface area (Å²) in [6.07, 6.45) is 0. The molecule has 0 aliphatic rings. The van der Waals surface area contributed by atoms with Gasteiger partial charge in [0.15, 0.2) is 5.11 Å². The predicted molar refractivity (Wildman–Crippen MR) is 76.4 cm³/mol. The van der Waals surface area contributed by atoms with E-state index in [4.69, 9.17) is 16.2 Å². The third-order valence-corrected chi connectivity index (χ3v) is 1.87. The number of amides is 1. The van der Waals surface area contributed by atoms with E-state index in [-0.39, 0.29) is 11.0 Å². The molecule has 6 heteroatoms. The minimum absolute atomic E-state index is 0.0208. The average Bonchev–Trinajstić information content (AvgIpc) is 2.32. The SMILES string of the molecule is CC(=O)NC(N)=S.CC(C)c1ccccc1.OO. The maximum Gasteiger partial charge on any atom is 0.222 e. The Morgan fingerprint density at radius 1 is 1.28 bits per heavy atom. The highest BCUT2D eigenvalue weighted by molar-refractivity contribution is 7.80. The van der Waals surface area contributed by atoms with Gasteiger partial charge in [0, 0.05) is 6.92 Å². The van der Waals surface area contributed by atoms with Crippen LogP contribution in [0.1, 0.15) is 32.3 Å². The van der Waals surface area contributed by atoms with Crippen LogP contribution in [0.25, 0.3) is 0 Å². The Morgan fingerprint density at radius 3 is 1.89 bits per heavy atom. The van der Waals surface area contributed by atoms with Gasteiger partial charge < -0.3 is 11.1 Å². The van der Waals surface area contributed by atoms with E-state index in [0.717, 1.165) is 0 Å². The van der Waals surface area contributed by atoms with Crippen LogP contribution in [0.3, 0.4) is 0 Å². The van der Waals surface area contributed by atoms with E-state index >= 15 is 0 Å². The van der Waals surface area contributed by atoms with Crippen molar-refractivity contribution in [1.29, 1.82) is 0 Å². The molecule has 18 heavy (non-hydrogen) atoms. The Kier molecular flexibility index (Phi) is 12.5. The summed E-state index contributed by atoms with van der Waals surface area (Å²) in [4.78, 5) is 9.98. The summed E-state index contributed by atoms with van der Waals surface area (Å²) in [5.41, 5.74) is 6.31. The smallest absolute Gasteiger partial charge is 0.222 e.